The SMILES string of the molecule is COc1ccc(C)cc1N(CC(=O)NC1CCS(=O)(=O)C1)S(C)(=O)=O. The number of hydrogen-bond acceptors (Lipinski definition) is 6. The van der Waals surface area contributed by atoms with Gasteiger partial charge in [-0.1, -0.05) is 6.07 Å². The molecule has 25 heavy (non-hydrogen) atoms. The highest BCUT2D eigenvalue weighted by molar-refractivity contribution is 7.92. The van der Waals surface area contributed by atoms with Gasteiger partial charge in [0.25, 0.3) is 0 Å². The Hall–Kier alpha value is -1.81. The number of rotatable bonds is 6. The lowest BCUT2D eigenvalue weighted by Crippen LogP contribution is -2.44. The second kappa shape index (κ2) is 7.20. The van der Waals surface area contributed by atoms with E-state index in [2.05, 4.69) is 5.32 Å². The zero-order valence-corrected chi connectivity index (χ0v) is 16.0. The van der Waals surface area contributed by atoms with E-state index in [0.29, 0.717) is 12.2 Å². The highest BCUT2D eigenvalue weighted by Gasteiger charge is 2.30. The first kappa shape index (κ1) is 19.5. The third-order valence-electron chi connectivity index (χ3n) is 3.89. The maximum absolute atomic E-state index is 12.3. The lowest BCUT2D eigenvalue weighted by atomic mass is 10.2. The van der Waals surface area contributed by atoms with E-state index in [-0.39, 0.29) is 17.2 Å². The molecule has 1 N–H and O–H groups in total. The number of ether oxygens (including phenoxy) is 1. The van der Waals surface area contributed by atoms with Crippen LogP contribution in [-0.4, -0.2) is 60.2 Å². The predicted molar refractivity (Wildman–Crippen MR) is 95.1 cm³/mol. The third kappa shape index (κ3) is 5.08. The number of amides is 1. The largest absolute Gasteiger partial charge is 0.495 e. The van der Waals surface area contributed by atoms with Gasteiger partial charge in [0.2, 0.25) is 15.9 Å². The Labute approximate surface area is 148 Å². The molecular weight excluding hydrogens is 368 g/mol. The summed E-state index contributed by atoms with van der Waals surface area (Å²) in [5.74, 6) is -0.325. The molecule has 10 heteroatoms. The van der Waals surface area contributed by atoms with Gasteiger partial charge in [0.05, 0.1) is 30.6 Å². The fourth-order valence-electron chi connectivity index (χ4n) is 2.69. The van der Waals surface area contributed by atoms with Crippen molar-refractivity contribution >= 4 is 31.5 Å². The van der Waals surface area contributed by atoms with Crippen LogP contribution in [0.4, 0.5) is 5.69 Å². The molecule has 8 nitrogen and oxygen atoms in total. The molecule has 1 aromatic rings. The van der Waals surface area contributed by atoms with Gasteiger partial charge in [-0.15, -0.1) is 0 Å². The van der Waals surface area contributed by atoms with Crippen LogP contribution in [0, 0.1) is 6.92 Å². The quantitative estimate of drug-likeness (QED) is 0.736. The molecule has 1 fully saturated rings. The molecule has 0 bridgehead atoms. The Kier molecular flexibility index (Phi) is 5.62. The van der Waals surface area contributed by atoms with Crippen molar-refractivity contribution in [3.05, 3.63) is 23.8 Å². The van der Waals surface area contributed by atoms with E-state index in [9.17, 15) is 21.6 Å². The number of sulfone groups is 1. The van der Waals surface area contributed by atoms with E-state index < -0.39 is 38.4 Å². The second-order valence-corrected chi connectivity index (χ2v) is 10.2. The first-order chi connectivity index (χ1) is 11.5. The van der Waals surface area contributed by atoms with Gasteiger partial charge in [0.15, 0.2) is 9.84 Å². The van der Waals surface area contributed by atoms with E-state index >= 15 is 0 Å². The molecule has 2 rings (SSSR count). The summed E-state index contributed by atoms with van der Waals surface area (Å²) in [6.45, 7) is 1.35. The Bertz CT molecular complexity index is 864. The Balaban J connectivity index is 2.22. The van der Waals surface area contributed by atoms with E-state index in [1.807, 2.05) is 0 Å². The monoisotopic (exact) mass is 390 g/mol. The minimum absolute atomic E-state index is 0.0272. The van der Waals surface area contributed by atoms with E-state index in [0.717, 1.165) is 16.1 Å². The molecule has 1 atom stereocenters. The molecule has 0 radical (unpaired) electrons. The number of anilines is 1. The molecule has 1 aromatic carbocycles. The predicted octanol–water partition coefficient (Wildman–Crippen LogP) is 0.0729. The van der Waals surface area contributed by atoms with Crippen molar-refractivity contribution in [2.24, 2.45) is 0 Å². The first-order valence-electron chi connectivity index (χ1n) is 7.64. The molecular formula is C15H22N2O6S2. The normalized spacial score (nSPS) is 19.4. The molecule has 1 saturated heterocycles. The zero-order valence-electron chi connectivity index (χ0n) is 14.4. The Morgan fingerprint density at radius 2 is 2.08 bits per heavy atom. The molecule has 1 heterocycles. The van der Waals surface area contributed by atoms with Gasteiger partial charge in [-0.3, -0.25) is 9.10 Å². The standard InChI is InChI=1S/C15H22N2O6S2/c1-11-4-5-14(23-2)13(8-11)17(24(3,19)20)9-15(18)16-12-6-7-25(21,22)10-12/h4-5,8,12H,6-7,9-10H2,1-3H3,(H,16,18). The third-order valence-corrected chi connectivity index (χ3v) is 6.78. The highest BCUT2D eigenvalue weighted by Crippen LogP contribution is 2.30. The minimum atomic E-state index is -3.74. The number of carbonyl (C=O) groups is 1. The summed E-state index contributed by atoms with van der Waals surface area (Å²) in [4.78, 5) is 12.3. The number of aryl methyl sites for hydroxylation is 1. The van der Waals surface area contributed by atoms with E-state index in [1.165, 1.54) is 7.11 Å². The molecule has 0 aromatic heterocycles. The molecule has 1 aliphatic rings. The number of sulfonamides is 1. The summed E-state index contributed by atoms with van der Waals surface area (Å²) in [6.07, 6.45) is 1.34. The zero-order chi connectivity index (χ0) is 18.8. The van der Waals surface area contributed by atoms with E-state index in [4.69, 9.17) is 4.74 Å². The Morgan fingerprint density at radius 3 is 2.60 bits per heavy atom. The lowest BCUT2D eigenvalue weighted by molar-refractivity contribution is -0.120. The minimum Gasteiger partial charge on any atom is -0.495 e. The summed E-state index contributed by atoms with van der Waals surface area (Å²) < 4.78 is 53.5. The van der Waals surface area contributed by atoms with Crippen LogP contribution >= 0.6 is 0 Å². The average Bonchev–Trinajstić information content (AvgIpc) is 2.82. The average molecular weight is 390 g/mol. The van der Waals surface area contributed by atoms with Crippen molar-refractivity contribution in [1.82, 2.24) is 5.32 Å². The number of carbonyl (C=O) groups excluding carboxylic acids is 1. The molecule has 0 aliphatic carbocycles. The summed E-state index contributed by atoms with van der Waals surface area (Å²) in [7, 11) is -5.46. The van der Waals surface area contributed by atoms with Crippen LogP contribution < -0.4 is 14.4 Å². The maximum Gasteiger partial charge on any atom is 0.241 e. The summed E-state index contributed by atoms with van der Waals surface area (Å²) in [5, 5.41) is 2.59. The van der Waals surface area contributed by atoms with Crippen molar-refractivity contribution in [2.75, 3.05) is 35.7 Å². The topological polar surface area (TPSA) is 110 Å². The van der Waals surface area contributed by atoms with Gasteiger partial charge in [-0.05, 0) is 31.0 Å². The second-order valence-electron chi connectivity index (χ2n) is 6.11. The van der Waals surface area contributed by atoms with E-state index in [1.54, 1.807) is 25.1 Å². The summed E-state index contributed by atoms with van der Waals surface area (Å²) in [5.41, 5.74) is 1.07. The number of hydrogen-bond donors (Lipinski definition) is 1. The van der Waals surface area contributed by atoms with Gasteiger partial charge in [-0.25, -0.2) is 16.8 Å². The fourth-order valence-corrected chi connectivity index (χ4v) is 5.21. The van der Waals surface area contributed by atoms with Crippen LogP contribution in [0.3, 0.4) is 0 Å². The molecule has 0 saturated carbocycles. The van der Waals surface area contributed by atoms with Crippen molar-refractivity contribution < 1.29 is 26.4 Å². The number of nitrogens with zero attached hydrogens (tertiary/aromatic N) is 1. The van der Waals surface area contributed by atoms with Crippen LogP contribution in [0.15, 0.2) is 18.2 Å². The fraction of sp³-hybridized carbons (Fsp3) is 0.533. The van der Waals surface area contributed by atoms with Crippen LogP contribution in [0.5, 0.6) is 5.75 Å². The van der Waals surface area contributed by atoms with Crippen molar-refractivity contribution in [2.45, 2.75) is 19.4 Å². The molecule has 0 spiro atoms. The van der Waals surface area contributed by atoms with Crippen LogP contribution in [-0.2, 0) is 24.7 Å². The lowest BCUT2D eigenvalue weighted by Gasteiger charge is -2.24. The summed E-state index contributed by atoms with van der Waals surface area (Å²) in [6, 6.07) is 4.53. The van der Waals surface area contributed by atoms with Crippen LogP contribution in [0.2, 0.25) is 0 Å². The van der Waals surface area contributed by atoms with Gasteiger partial charge in [0.1, 0.15) is 12.3 Å². The van der Waals surface area contributed by atoms with Crippen molar-refractivity contribution in [3.63, 3.8) is 0 Å². The highest BCUT2D eigenvalue weighted by atomic mass is 32.2. The van der Waals surface area contributed by atoms with Gasteiger partial charge in [0, 0.05) is 6.04 Å². The molecule has 1 unspecified atom stereocenters. The van der Waals surface area contributed by atoms with Crippen molar-refractivity contribution in [1.29, 1.82) is 0 Å². The first-order valence-corrected chi connectivity index (χ1v) is 11.3. The number of nitrogens with one attached hydrogen (secondary N) is 1. The number of benzene rings is 1. The van der Waals surface area contributed by atoms with Gasteiger partial charge in [-0.2, -0.15) is 0 Å². The maximum atomic E-state index is 12.3. The van der Waals surface area contributed by atoms with Crippen molar-refractivity contribution in [3.8, 4) is 5.75 Å². The molecule has 140 valence electrons. The Morgan fingerprint density at radius 1 is 1.40 bits per heavy atom. The number of methoxy groups -OCH3 is 1. The van der Waals surface area contributed by atoms with Crippen LogP contribution in [0.25, 0.3) is 0 Å². The van der Waals surface area contributed by atoms with Gasteiger partial charge < -0.3 is 10.1 Å². The molecule has 1 amide bonds. The van der Waals surface area contributed by atoms with Gasteiger partial charge >= 0.3 is 0 Å². The summed E-state index contributed by atoms with van der Waals surface area (Å²) >= 11 is 0. The molecule has 1 aliphatic heterocycles. The smallest absolute Gasteiger partial charge is 0.241 e. The van der Waals surface area contributed by atoms with Crippen LogP contribution in [0.1, 0.15) is 12.0 Å².